The Labute approximate surface area is 122 Å². The summed E-state index contributed by atoms with van der Waals surface area (Å²) in [4.78, 5) is 4.92. The average Bonchev–Trinajstić information content (AvgIpc) is 2.72. The Kier molecular flexibility index (Phi) is 5.22. The van der Waals surface area contributed by atoms with Crippen LogP contribution in [0.5, 0.6) is 0 Å². The van der Waals surface area contributed by atoms with Crippen molar-refractivity contribution in [2.75, 3.05) is 20.3 Å². The molecule has 0 aliphatic carbocycles. The lowest BCUT2D eigenvalue weighted by molar-refractivity contribution is 0.129. The molecule has 2 rings (SSSR count). The zero-order valence-electron chi connectivity index (χ0n) is 13.6. The monoisotopic (exact) mass is 279 g/mol. The summed E-state index contributed by atoms with van der Waals surface area (Å²) in [6, 6.07) is 0.392. The molecule has 1 aromatic rings. The van der Waals surface area contributed by atoms with Crippen LogP contribution in [-0.4, -0.2) is 29.8 Å². The van der Waals surface area contributed by atoms with Gasteiger partial charge in [0.15, 0.2) is 0 Å². The van der Waals surface area contributed by atoms with Gasteiger partial charge in [-0.2, -0.15) is 0 Å². The van der Waals surface area contributed by atoms with E-state index >= 15 is 0 Å². The second-order valence-corrected chi connectivity index (χ2v) is 6.58. The highest BCUT2D eigenvalue weighted by molar-refractivity contribution is 5.22. The van der Waals surface area contributed by atoms with Crippen molar-refractivity contribution in [3.63, 3.8) is 0 Å². The van der Waals surface area contributed by atoms with E-state index in [0.29, 0.717) is 17.9 Å². The highest BCUT2D eigenvalue weighted by Crippen LogP contribution is 2.27. The number of imidazole rings is 1. The van der Waals surface area contributed by atoms with E-state index in [9.17, 15) is 0 Å². The number of fused-ring (bicyclic) bond motifs is 1. The molecule has 0 aromatic carbocycles. The fourth-order valence-electron chi connectivity index (χ4n) is 3.03. The van der Waals surface area contributed by atoms with E-state index in [1.165, 1.54) is 17.2 Å². The molecule has 0 radical (unpaired) electrons. The first kappa shape index (κ1) is 15.5. The maximum absolute atomic E-state index is 5.48. The number of nitrogens with one attached hydrogen (secondary N) is 1. The van der Waals surface area contributed by atoms with Crippen molar-refractivity contribution in [3.8, 4) is 0 Å². The van der Waals surface area contributed by atoms with Gasteiger partial charge in [0, 0.05) is 38.7 Å². The summed E-state index contributed by atoms with van der Waals surface area (Å²) in [5, 5.41) is 3.43. The van der Waals surface area contributed by atoms with Gasteiger partial charge < -0.3 is 14.6 Å². The van der Waals surface area contributed by atoms with Gasteiger partial charge in [-0.3, -0.25) is 0 Å². The smallest absolute Gasteiger partial charge is 0.109 e. The first-order valence-corrected chi connectivity index (χ1v) is 7.83. The van der Waals surface area contributed by atoms with Crippen molar-refractivity contribution in [2.45, 2.75) is 53.1 Å². The highest BCUT2D eigenvalue weighted by Gasteiger charge is 2.26. The average molecular weight is 279 g/mol. The third-order valence-corrected chi connectivity index (χ3v) is 4.03. The van der Waals surface area contributed by atoms with E-state index in [4.69, 9.17) is 9.72 Å². The number of aromatic nitrogens is 2. The van der Waals surface area contributed by atoms with Crippen LogP contribution in [0, 0.1) is 11.8 Å². The Balaban J connectivity index is 2.43. The second-order valence-electron chi connectivity index (χ2n) is 6.58. The molecule has 0 spiro atoms. The largest absolute Gasteiger partial charge is 0.383 e. The van der Waals surface area contributed by atoms with Crippen molar-refractivity contribution < 1.29 is 4.74 Å². The number of hydrogen-bond acceptors (Lipinski definition) is 3. The summed E-state index contributed by atoms with van der Waals surface area (Å²) < 4.78 is 7.97. The minimum absolute atomic E-state index is 0.392. The maximum Gasteiger partial charge on any atom is 0.109 e. The molecule has 2 heterocycles. The lowest BCUT2D eigenvalue weighted by atomic mass is 10.0. The Morgan fingerprint density at radius 2 is 2.05 bits per heavy atom. The van der Waals surface area contributed by atoms with Crippen LogP contribution in [-0.2, 0) is 24.1 Å². The molecule has 20 heavy (non-hydrogen) atoms. The van der Waals surface area contributed by atoms with E-state index in [0.717, 1.165) is 32.5 Å². The summed E-state index contributed by atoms with van der Waals surface area (Å²) in [5.74, 6) is 2.42. The summed E-state index contributed by atoms with van der Waals surface area (Å²) in [6.07, 6.45) is 2.12. The molecule has 4 heteroatoms. The van der Waals surface area contributed by atoms with Crippen LogP contribution >= 0.6 is 0 Å². The quantitative estimate of drug-likeness (QED) is 0.870. The number of rotatable bonds is 6. The lowest BCUT2D eigenvalue weighted by Crippen LogP contribution is -2.29. The van der Waals surface area contributed by atoms with Gasteiger partial charge in [-0.1, -0.05) is 27.7 Å². The van der Waals surface area contributed by atoms with Crippen molar-refractivity contribution in [1.82, 2.24) is 14.9 Å². The number of hydrogen-bond donors (Lipinski definition) is 1. The Bertz CT molecular complexity index is 437. The molecule has 114 valence electrons. The van der Waals surface area contributed by atoms with Crippen LogP contribution in [0.25, 0.3) is 0 Å². The number of ether oxygens (including phenoxy) is 1. The van der Waals surface area contributed by atoms with Crippen molar-refractivity contribution >= 4 is 0 Å². The number of nitrogens with zero attached hydrogens (tertiary/aromatic N) is 2. The van der Waals surface area contributed by atoms with E-state index < -0.39 is 0 Å². The highest BCUT2D eigenvalue weighted by atomic mass is 16.5. The summed E-state index contributed by atoms with van der Waals surface area (Å²) in [5.41, 5.74) is 2.67. The SMILES string of the molecule is COCC(C(C)C)n1c(CC(C)C)nc2c1CCNC2. The third kappa shape index (κ3) is 3.23. The molecule has 1 aliphatic rings. The summed E-state index contributed by atoms with van der Waals surface area (Å²) >= 11 is 0. The first-order chi connectivity index (χ1) is 9.54. The summed E-state index contributed by atoms with van der Waals surface area (Å²) in [7, 11) is 1.79. The molecule has 0 amide bonds. The van der Waals surface area contributed by atoms with Crippen molar-refractivity contribution in [1.29, 1.82) is 0 Å². The minimum atomic E-state index is 0.392. The van der Waals surface area contributed by atoms with Gasteiger partial charge in [0.1, 0.15) is 5.82 Å². The van der Waals surface area contributed by atoms with E-state index in [1.807, 2.05) is 0 Å². The van der Waals surface area contributed by atoms with Gasteiger partial charge >= 0.3 is 0 Å². The van der Waals surface area contributed by atoms with Crippen LogP contribution in [0.2, 0.25) is 0 Å². The molecule has 1 aromatic heterocycles. The second kappa shape index (κ2) is 6.72. The van der Waals surface area contributed by atoms with Crippen molar-refractivity contribution in [3.05, 3.63) is 17.2 Å². The van der Waals surface area contributed by atoms with E-state index in [1.54, 1.807) is 7.11 Å². The zero-order chi connectivity index (χ0) is 14.7. The molecule has 4 nitrogen and oxygen atoms in total. The van der Waals surface area contributed by atoms with E-state index in [-0.39, 0.29) is 0 Å². The fraction of sp³-hybridized carbons (Fsp3) is 0.812. The van der Waals surface area contributed by atoms with Gasteiger partial charge in [-0.25, -0.2) is 4.98 Å². The first-order valence-electron chi connectivity index (χ1n) is 7.83. The fourth-order valence-corrected chi connectivity index (χ4v) is 3.03. The van der Waals surface area contributed by atoms with Gasteiger partial charge in [-0.15, -0.1) is 0 Å². The van der Waals surface area contributed by atoms with Gasteiger partial charge in [0.25, 0.3) is 0 Å². The Morgan fingerprint density at radius 3 is 2.65 bits per heavy atom. The van der Waals surface area contributed by atoms with Gasteiger partial charge in [0.2, 0.25) is 0 Å². The Morgan fingerprint density at radius 1 is 1.30 bits per heavy atom. The van der Waals surface area contributed by atoms with Crippen LogP contribution in [0.3, 0.4) is 0 Å². The molecule has 0 saturated heterocycles. The van der Waals surface area contributed by atoms with Crippen LogP contribution in [0.1, 0.15) is 50.9 Å². The zero-order valence-corrected chi connectivity index (χ0v) is 13.6. The predicted octanol–water partition coefficient (Wildman–Crippen LogP) is 2.57. The van der Waals surface area contributed by atoms with Crippen LogP contribution in [0.4, 0.5) is 0 Å². The minimum Gasteiger partial charge on any atom is -0.383 e. The summed E-state index contributed by atoms with van der Waals surface area (Å²) in [6.45, 7) is 11.8. The predicted molar refractivity (Wildman–Crippen MR) is 81.9 cm³/mol. The van der Waals surface area contributed by atoms with Crippen LogP contribution in [0.15, 0.2) is 0 Å². The molecule has 0 bridgehead atoms. The molecule has 1 N–H and O–H groups in total. The molecule has 0 saturated carbocycles. The Hall–Kier alpha value is -0.870. The van der Waals surface area contributed by atoms with Gasteiger partial charge in [0.05, 0.1) is 18.3 Å². The molecule has 1 unspecified atom stereocenters. The van der Waals surface area contributed by atoms with Crippen molar-refractivity contribution in [2.24, 2.45) is 11.8 Å². The molecule has 0 fully saturated rings. The maximum atomic E-state index is 5.48. The topological polar surface area (TPSA) is 39.1 Å². The molecule has 1 aliphatic heterocycles. The normalized spacial score (nSPS) is 16.8. The standard InChI is InChI=1S/C16H29N3O/c1-11(2)8-16-18-13-9-17-7-6-14(13)19(16)15(10-20-5)12(3)4/h11-12,15,17H,6-10H2,1-5H3. The van der Waals surface area contributed by atoms with E-state index in [2.05, 4.69) is 37.6 Å². The molecular formula is C16H29N3O. The molecular weight excluding hydrogens is 250 g/mol. The van der Waals surface area contributed by atoms with Crippen LogP contribution < -0.4 is 5.32 Å². The van der Waals surface area contributed by atoms with Gasteiger partial charge in [-0.05, 0) is 11.8 Å². The molecule has 1 atom stereocenters. The lowest BCUT2D eigenvalue weighted by Gasteiger charge is -2.27. The third-order valence-electron chi connectivity index (χ3n) is 4.03. The number of methoxy groups -OCH3 is 1.